The van der Waals surface area contributed by atoms with E-state index >= 15 is 0 Å². The number of nitrogens with two attached hydrogens (primary N) is 1. The molecule has 1 fully saturated rings. The predicted octanol–water partition coefficient (Wildman–Crippen LogP) is 3.48. The molecule has 1 saturated heterocycles. The van der Waals surface area contributed by atoms with Gasteiger partial charge in [0.25, 0.3) is 5.91 Å². The van der Waals surface area contributed by atoms with Gasteiger partial charge < -0.3 is 10.7 Å². The number of anilines is 1. The molecule has 3 amide bonds. The lowest BCUT2D eigenvalue weighted by molar-refractivity contribution is -0.123. The van der Waals surface area contributed by atoms with E-state index in [0.29, 0.717) is 17.3 Å². The average molecular weight is 451 g/mol. The minimum Gasteiger partial charge on any atom is -0.366 e. The van der Waals surface area contributed by atoms with Crippen molar-refractivity contribution in [3.05, 3.63) is 63.8 Å². The van der Waals surface area contributed by atoms with Crippen molar-refractivity contribution < 1.29 is 14.4 Å². The Labute approximate surface area is 190 Å². The summed E-state index contributed by atoms with van der Waals surface area (Å²) in [5.74, 6) is -1.14. The van der Waals surface area contributed by atoms with Gasteiger partial charge in [0.1, 0.15) is 0 Å². The average Bonchev–Trinajstić information content (AvgIpc) is 3.26. The first kappa shape index (κ1) is 20.7. The minimum absolute atomic E-state index is 0.0651. The molecule has 0 radical (unpaired) electrons. The van der Waals surface area contributed by atoms with Crippen LogP contribution in [0.15, 0.2) is 36.4 Å². The quantitative estimate of drug-likeness (QED) is 0.596. The molecule has 3 heterocycles. The fourth-order valence-corrected chi connectivity index (χ4v) is 5.20. The van der Waals surface area contributed by atoms with E-state index in [9.17, 15) is 14.4 Å². The summed E-state index contributed by atoms with van der Waals surface area (Å²) in [6.45, 7) is 4.51. The van der Waals surface area contributed by atoms with E-state index in [1.54, 1.807) is 19.1 Å². The van der Waals surface area contributed by atoms with Crippen LogP contribution < -0.4 is 10.6 Å². The molecule has 1 aromatic heterocycles. The number of hydrogen-bond acceptors (Lipinski definition) is 4. The van der Waals surface area contributed by atoms with Crippen LogP contribution in [0.4, 0.5) is 5.69 Å². The summed E-state index contributed by atoms with van der Waals surface area (Å²) in [4.78, 5) is 44.8. The minimum atomic E-state index is -0.599. The summed E-state index contributed by atoms with van der Waals surface area (Å²) in [7, 11) is 0. The van der Waals surface area contributed by atoms with Gasteiger partial charge >= 0.3 is 0 Å². The van der Waals surface area contributed by atoms with Gasteiger partial charge in [-0.2, -0.15) is 0 Å². The van der Waals surface area contributed by atoms with E-state index in [1.165, 1.54) is 16.5 Å². The second-order valence-electron chi connectivity index (χ2n) is 8.52. The third kappa shape index (κ3) is 3.12. The number of carbonyl (C=O) groups excluding carboxylic acids is 3. The van der Waals surface area contributed by atoms with Crippen molar-refractivity contribution in [3.8, 4) is 0 Å². The lowest BCUT2D eigenvalue weighted by atomic mass is 9.96. The van der Waals surface area contributed by atoms with Crippen LogP contribution in [-0.4, -0.2) is 40.2 Å². The highest BCUT2D eigenvalue weighted by molar-refractivity contribution is 6.31. The van der Waals surface area contributed by atoms with Crippen LogP contribution in [-0.2, 0) is 16.0 Å². The number of carbonyl (C=O) groups is 3. The number of aryl methyl sites for hydroxylation is 1. The molecule has 8 heteroatoms. The zero-order chi connectivity index (χ0) is 22.7. The van der Waals surface area contributed by atoms with Crippen molar-refractivity contribution in [2.75, 3.05) is 11.4 Å². The Hall–Kier alpha value is -3.16. The molecule has 32 heavy (non-hydrogen) atoms. The number of rotatable bonds is 3. The summed E-state index contributed by atoms with van der Waals surface area (Å²) in [6.07, 6.45) is 0.860. The second-order valence-corrected chi connectivity index (χ2v) is 8.96. The van der Waals surface area contributed by atoms with Crippen LogP contribution >= 0.6 is 11.6 Å². The molecule has 3 N–H and O–H groups in total. The van der Waals surface area contributed by atoms with Crippen LogP contribution in [0.3, 0.4) is 0 Å². The highest BCUT2D eigenvalue weighted by Crippen LogP contribution is 2.39. The molecule has 5 rings (SSSR count). The monoisotopic (exact) mass is 450 g/mol. The first-order valence-corrected chi connectivity index (χ1v) is 11.0. The SMILES string of the molecule is Cc1ccc(C(N)=O)cc1N1C(=O)CC(N2CCc3c([nH]c4ccc(Cl)cc34)C2C)C1=O. The number of imide groups is 1. The molecule has 2 aliphatic rings. The van der Waals surface area contributed by atoms with Crippen molar-refractivity contribution in [2.45, 2.75) is 38.8 Å². The molecular weight excluding hydrogens is 428 g/mol. The van der Waals surface area contributed by atoms with Crippen LogP contribution in [0.2, 0.25) is 5.02 Å². The second kappa shape index (κ2) is 7.46. The highest BCUT2D eigenvalue weighted by atomic mass is 35.5. The number of aromatic nitrogens is 1. The van der Waals surface area contributed by atoms with Gasteiger partial charge in [-0.3, -0.25) is 19.3 Å². The molecule has 0 spiro atoms. The van der Waals surface area contributed by atoms with Crippen LogP contribution in [0.5, 0.6) is 0 Å². The standard InChI is InChI=1S/C24H23ClN4O3/c1-12-3-4-14(23(26)31)9-19(12)29-21(30)11-20(24(29)32)28-8-7-16-17-10-15(25)5-6-18(17)27-22(16)13(28)2/h3-6,9-10,13,20,27H,7-8,11H2,1-2H3,(H2,26,31). The van der Waals surface area contributed by atoms with Gasteiger partial charge in [0.15, 0.2) is 0 Å². The number of fused-ring (bicyclic) bond motifs is 3. The Morgan fingerprint density at radius 3 is 2.72 bits per heavy atom. The van der Waals surface area contributed by atoms with E-state index in [2.05, 4.69) is 9.88 Å². The first-order chi connectivity index (χ1) is 15.3. The normalized spacial score (nSPS) is 21.4. The molecule has 2 aliphatic heterocycles. The lowest BCUT2D eigenvalue weighted by Crippen LogP contribution is -2.46. The Bertz CT molecular complexity index is 1300. The largest absolute Gasteiger partial charge is 0.366 e. The molecule has 7 nitrogen and oxygen atoms in total. The van der Waals surface area contributed by atoms with E-state index in [-0.39, 0.29) is 29.8 Å². The maximum Gasteiger partial charge on any atom is 0.251 e. The van der Waals surface area contributed by atoms with Gasteiger partial charge in [-0.25, -0.2) is 4.90 Å². The fourth-order valence-electron chi connectivity index (χ4n) is 5.02. The third-order valence-electron chi connectivity index (χ3n) is 6.69. The number of H-pyrrole nitrogens is 1. The van der Waals surface area contributed by atoms with E-state index in [0.717, 1.165) is 28.6 Å². The molecule has 164 valence electrons. The van der Waals surface area contributed by atoms with Gasteiger partial charge in [-0.1, -0.05) is 17.7 Å². The maximum absolute atomic E-state index is 13.4. The molecule has 2 aromatic carbocycles. The van der Waals surface area contributed by atoms with Crippen LogP contribution in [0, 0.1) is 6.92 Å². The van der Waals surface area contributed by atoms with Gasteiger partial charge in [0.2, 0.25) is 11.8 Å². The molecule has 0 bridgehead atoms. The number of nitrogens with zero attached hydrogens (tertiary/aromatic N) is 2. The van der Waals surface area contributed by atoms with Gasteiger partial charge in [0, 0.05) is 39.8 Å². The van der Waals surface area contributed by atoms with Crippen LogP contribution in [0.1, 0.15) is 46.6 Å². The number of amides is 3. The third-order valence-corrected chi connectivity index (χ3v) is 6.93. The van der Waals surface area contributed by atoms with Crippen molar-refractivity contribution in [3.63, 3.8) is 0 Å². The summed E-state index contributed by atoms with van der Waals surface area (Å²) in [5.41, 5.74) is 10.1. The number of halogens is 1. The van der Waals surface area contributed by atoms with Crippen molar-refractivity contribution >= 4 is 45.9 Å². The van der Waals surface area contributed by atoms with E-state index < -0.39 is 11.9 Å². The smallest absolute Gasteiger partial charge is 0.251 e. The number of primary amides is 1. The topological polar surface area (TPSA) is 99.5 Å². The Balaban J connectivity index is 1.48. The first-order valence-electron chi connectivity index (χ1n) is 10.6. The summed E-state index contributed by atoms with van der Waals surface area (Å²) in [6, 6.07) is 9.99. The number of benzene rings is 2. The van der Waals surface area contributed by atoms with Gasteiger partial charge in [-0.15, -0.1) is 0 Å². The molecule has 3 aromatic rings. The van der Waals surface area contributed by atoms with Crippen molar-refractivity contribution in [2.24, 2.45) is 5.73 Å². The molecule has 2 unspecified atom stereocenters. The molecule has 0 aliphatic carbocycles. The summed E-state index contributed by atoms with van der Waals surface area (Å²) >= 11 is 6.20. The maximum atomic E-state index is 13.4. The van der Waals surface area contributed by atoms with E-state index in [1.807, 2.05) is 25.1 Å². The number of nitrogens with one attached hydrogen (secondary N) is 1. The number of aromatic amines is 1. The Morgan fingerprint density at radius 1 is 1.19 bits per heavy atom. The predicted molar refractivity (Wildman–Crippen MR) is 123 cm³/mol. The van der Waals surface area contributed by atoms with Crippen molar-refractivity contribution in [1.29, 1.82) is 0 Å². The number of hydrogen-bond donors (Lipinski definition) is 2. The molecule has 2 atom stereocenters. The Kier molecular flexibility index (Phi) is 4.83. The van der Waals surface area contributed by atoms with Crippen molar-refractivity contribution in [1.82, 2.24) is 9.88 Å². The zero-order valence-electron chi connectivity index (χ0n) is 17.8. The summed E-state index contributed by atoms with van der Waals surface area (Å²) < 4.78 is 0. The Morgan fingerprint density at radius 2 is 1.97 bits per heavy atom. The highest BCUT2D eigenvalue weighted by Gasteiger charge is 2.46. The van der Waals surface area contributed by atoms with Gasteiger partial charge in [-0.05, 0) is 61.7 Å². The van der Waals surface area contributed by atoms with Gasteiger partial charge in [0.05, 0.1) is 18.2 Å². The zero-order valence-corrected chi connectivity index (χ0v) is 18.6. The fraction of sp³-hybridized carbons (Fsp3) is 0.292. The molecule has 0 saturated carbocycles. The summed E-state index contributed by atoms with van der Waals surface area (Å²) in [5, 5.41) is 1.79. The van der Waals surface area contributed by atoms with Crippen LogP contribution in [0.25, 0.3) is 10.9 Å². The van der Waals surface area contributed by atoms with E-state index in [4.69, 9.17) is 17.3 Å². The lowest BCUT2D eigenvalue weighted by Gasteiger charge is -2.36. The molecular formula is C24H23ClN4O3.